The highest BCUT2D eigenvalue weighted by Gasteiger charge is 2.26. The van der Waals surface area contributed by atoms with Crippen LogP contribution < -0.4 is 0 Å². The summed E-state index contributed by atoms with van der Waals surface area (Å²) in [6, 6.07) is 0. The van der Waals surface area contributed by atoms with Crippen molar-refractivity contribution >= 4 is 0 Å². The van der Waals surface area contributed by atoms with Gasteiger partial charge in [0.2, 0.25) is 0 Å². The zero-order valence-electron chi connectivity index (χ0n) is 10.8. The first kappa shape index (κ1) is 12.2. The molecule has 1 saturated heterocycles. The molecule has 0 spiro atoms. The first-order valence-electron chi connectivity index (χ1n) is 7.18. The van der Waals surface area contributed by atoms with Crippen LogP contribution in [0.3, 0.4) is 0 Å². The van der Waals surface area contributed by atoms with Crippen molar-refractivity contribution in [2.75, 3.05) is 6.61 Å². The maximum absolute atomic E-state index is 10.3. The number of aromatic nitrogens is 2. The Kier molecular flexibility index (Phi) is 3.66. The molecule has 1 N–H and O–H groups in total. The predicted molar refractivity (Wildman–Crippen MR) is 68.0 cm³/mol. The van der Waals surface area contributed by atoms with Crippen molar-refractivity contribution in [2.24, 2.45) is 5.92 Å². The standard InChI is InChI=1S/C14H22N2O2/c17-14(11-5-1-2-6-11)12-9-15-16(10-12)13-7-3-4-8-18-13/h9-11,13-14,17H,1-8H2. The van der Waals surface area contributed by atoms with E-state index in [0.29, 0.717) is 5.92 Å². The van der Waals surface area contributed by atoms with E-state index < -0.39 is 0 Å². The SMILES string of the molecule is OC(c1cnn(C2CCCCO2)c1)C1CCCC1. The summed E-state index contributed by atoms with van der Waals surface area (Å²) in [5.74, 6) is 0.426. The Balaban J connectivity index is 1.68. The largest absolute Gasteiger partial charge is 0.388 e. The van der Waals surface area contributed by atoms with Gasteiger partial charge in [0.1, 0.15) is 6.23 Å². The van der Waals surface area contributed by atoms with Crippen LogP contribution in [0.25, 0.3) is 0 Å². The lowest BCUT2D eigenvalue weighted by atomic mass is 9.97. The van der Waals surface area contributed by atoms with E-state index in [-0.39, 0.29) is 12.3 Å². The number of hydrogen-bond acceptors (Lipinski definition) is 3. The Morgan fingerprint density at radius 3 is 2.72 bits per heavy atom. The minimum absolute atomic E-state index is 0.0725. The molecular weight excluding hydrogens is 228 g/mol. The first-order chi connectivity index (χ1) is 8.84. The Labute approximate surface area is 108 Å². The summed E-state index contributed by atoms with van der Waals surface area (Å²) < 4.78 is 7.58. The van der Waals surface area contributed by atoms with Crippen LogP contribution in [0.2, 0.25) is 0 Å². The lowest BCUT2D eigenvalue weighted by molar-refractivity contribution is -0.0396. The fourth-order valence-electron chi connectivity index (χ4n) is 3.14. The molecule has 1 aliphatic carbocycles. The van der Waals surface area contributed by atoms with Gasteiger partial charge in [0.15, 0.2) is 0 Å². The number of hydrogen-bond donors (Lipinski definition) is 1. The van der Waals surface area contributed by atoms with Gasteiger partial charge in [0, 0.05) is 18.4 Å². The van der Waals surface area contributed by atoms with Gasteiger partial charge < -0.3 is 9.84 Å². The number of ether oxygens (including phenoxy) is 1. The summed E-state index contributed by atoms with van der Waals surface area (Å²) in [6.07, 6.45) is 11.7. The third-order valence-electron chi connectivity index (χ3n) is 4.26. The average molecular weight is 250 g/mol. The monoisotopic (exact) mass is 250 g/mol. The highest BCUT2D eigenvalue weighted by atomic mass is 16.5. The van der Waals surface area contributed by atoms with E-state index >= 15 is 0 Å². The van der Waals surface area contributed by atoms with Crippen LogP contribution in [0.4, 0.5) is 0 Å². The van der Waals surface area contributed by atoms with E-state index in [0.717, 1.165) is 37.9 Å². The van der Waals surface area contributed by atoms with Crippen molar-refractivity contribution in [3.63, 3.8) is 0 Å². The van der Waals surface area contributed by atoms with Crippen LogP contribution in [0, 0.1) is 5.92 Å². The smallest absolute Gasteiger partial charge is 0.150 e. The molecule has 2 fully saturated rings. The zero-order valence-corrected chi connectivity index (χ0v) is 10.8. The number of aliphatic hydroxyl groups is 1. The third kappa shape index (κ3) is 2.45. The van der Waals surface area contributed by atoms with E-state index in [4.69, 9.17) is 4.74 Å². The van der Waals surface area contributed by atoms with Gasteiger partial charge in [-0.3, -0.25) is 0 Å². The van der Waals surface area contributed by atoms with Crippen LogP contribution in [-0.4, -0.2) is 21.5 Å². The second kappa shape index (κ2) is 5.41. The first-order valence-corrected chi connectivity index (χ1v) is 7.18. The molecule has 2 atom stereocenters. The number of rotatable bonds is 3. The summed E-state index contributed by atoms with van der Waals surface area (Å²) in [7, 11) is 0. The highest BCUT2D eigenvalue weighted by molar-refractivity contribution is 5.10. The second-order valence-electron chi connectivity index (χ2n) is 5.56. The highest BCUT2D eigenvalue weighted by Crippen LogP contribution is 2.35. The average Bonchev–Trinajstić information content (AvgIpc) is 3.10. The van der Waals surface area contributed by atoms with E-state index in [1.54, 1.807) is 6.20 Å². The van der Waals surface area contributed by atoms with Crippen molar-refractivity contribution < 1.29 is 9.84 Å². The molecule has 100 valence electrons. The van der Waals surface area contributed by atoms with Gasteiger partial charge in [-0.15, -0.1) is 0 Å². The molecule has 0 bridgehead atoms. The summed E-state index contributed by atoms with van der Waals surface area (Å²) in [6.45, 7) is 0.824. The lowest BCUT2D eigenvalue weighted by Crippen LogP contribution is -2.18. The van der Waals surface area contributed by atoms with Crippen molar-refractivity contribution in [3.05, 3.63) is 18.0 Å². The molecule has 1 aromatic rings. The minimum atomic E-state index is -0.343. The van der Waals surface area contributed by atoms with Gasteiger partial charge >= 0.3 is 0 Å². The molecule has 4 nitrogen and oxygen atoms in total. The fraction of sp³-hybridized carbons (Fsp3) is 0.786. The maximum atomic E-state index is 10.3. The molecule has 18 heavy (non-hydrogen) atoms. The van der Waals surface area contributed by atoms with Crippen LogP contribution in [0.5, 0.6) is 0 Å². The van der Waals surface area contributed by atoms with Crippen molar-refractivity contribution in [3.8, 4) is 0 Å². The van der Waals surface area contributed by atoms with E-state index in [9.17, 15) is 5.11 Å². The van der Waals surface area contributed by atoms with Gasteiger partial charge in [0.25, 0.3) is 0 Å². The molecule has 1 aromatic heterocycles. The van der Waals surface area contributed by atoms with Crippen LogP contribution >= 0.6 is 0 Å². The Bertz CT molecular complexity index is 379. The molecule has 1 saturated carbocycles. The molecular formula is C14H22N2O2. The molecule has 0 amide bonds. The van der Waals surface area contributed by atoms with E-state index in [1.165, 1.54) is 19.3 Å². The molecule has 4 heteroatoms. The van der Waals surface area contributed by atoms with E-state index in [2.05, 4.69) is 5.10 Å². The summed E-state index contributed by atoms with van der Waals surface area (Å²) in [4.78, 5) is 0. The molecule has 2 unspecified atom stereocenters. The van der Waals surface area contributed by atoms with Crippen molar-refractivity contribution in [1.82, 2.24) is 9.78 Å². The van der Waals surface area contributed by atoms with Gasteiger partial charge in [-0.2, -0.15) is 5.10 Å². The number of nitrogens with zero attached hydrogens (tertiary/aromatic N) is 2. The molecule has 1 aliphatic heterocycles. The van der Waals surface area contributed by atoms with Crippen LogP contribution in [0.15, 0.2) is 12.4 Å². The van der Waals surface area contributed by atoms with Gasteiger partial charge in [-0.05, 0) is 38.0 Å². The van der Waals surface area contributed by atoms with Gasteiger partial charge in [0.05, 0.1) is 12.3 Å². The predicted octanol–water partition coefficient (Wildman–Crippen LogP) is 2.81. The summed E-state index contributed by atoms with van der Waals surface area (Å²) >= 11 is 0. The third-order valence-corrected chi connectivity index (χ3v) is 4.26. The second-order valence-corrected chi connectivity index (χ2v) is 5.56. The topological polar surface area (TPSA) is 47.3 Å². The van der Waals surface area contributed by atoms with Crippen LogP contribution in [0.1, 0.15) is 62.8 Å². The van der Waals surface area contributed by atoms with Crippen molar-refractivity contribution in [1.29, 1.82) is 0 Å². The van der Waals surface area contributed by atoms with Gasteiger partial charge in [-0.25, -0.2) is 4.68 Å². The molecule has 0 radical (unpaired) electrons. The molecule has 2 heterocycles. The quantitative estimate of drug-likeness (QED) is 0.897. The van der Waals surface area contributed by atoms with Crippen molar-refractivity contribution in [2.45, 2.75) is 57.3 Å². The number of aliphatic hydroxyl groups excluding tert-OH is 1. The maximum Gasteiger partial charge on any atom is 0.150 e. The normalized spacial score (nSPS) is 27.5. The molecule has 0 aromatic carbocycles. The lowest BCUT2D eigenvalue weighted by Gasteiger charge is -2.22. The minimum Gasteiger partial charge on any atom is -0.388 e. The Morgan fingerprint density at radius 1 is 1.22 bits per heavy atom. The van der Waals surface area contributed by atoms with E-state index in [1.807, 2.05) is 10.9 Å². The summed E-state index contributed by atoms with van der Waals surface area (Å²) in [5.41, 5.74) is 0.955. The Morgan fingerprint density at radius 2 is 2.00 bits per heavy atom. The fourth-order valence-corrected chi connectivity index (χ4v) is 3.14. The Hall–Kier alpha value is -0.870. The zero-order chi connectivity index (χ0) is 12.4. The summed E-state index contributed by atoms with van der Waals surface area (Å²) in [5, 5.41) is 14.7. The molecule has 3 rings (SSSR count). The van der Waals surface area contributed by atoms with Crippen LogP contribution in [-0.2, 0) is 4.74 Å². The van der Waals surface area contributed by atoms with Gasteiger partial charge in [-0.1, -0.05) is 12.8 Å². The molecule has 2 aliphatic rings.